The van der Waals surface area contributed by atoms with Crippen LogP contribution in [0.3, 0.4) is 0 Å². The van der Waals surface area contributed by atoms with Gasteiger partial charge >= 0.3 is 5.97 Å². The molecule has 1 N–H and O–H groups in total. The zero-order valence-electron chi connectivity index (χ0n) is 13.9. The van der Waals surface area contributed by atoms with Gasteiger partial charge in [-0.2, -0.15) is 0 Å². The summed E-state index contributed by atoms with van der Waals surface area (Å²) in [5.41, 5.74) is 0. The minimum absolute atomic E-state index is 0.0371. The zero-order valence-corrected chi connectivity index (χ0v) is 14.7. The molecule has 2 amide bonds. The number of hydrogen-bond donors (Lipinski definition) is 1. The highest BCUT2D eigenvalue weighted by Crippen LogP contribution is 2.27. The van der Waals surface area contributed by atoms with E-state index in [4.69, 9.17) is 0 Å². The van der Waals surface area contributed by atoms with Crippen LogP contribution in [-0.4, -0.2) is 63.5 Å². The molecule has 2 aliphatic heterocycles. The van der Waals surface area contributed by atoms with Gasteiger partial charge in [-0.25, -0.2) is 0 Å². The average Bonchev–Trinajstić information content (AvgIpc) is 3.00. The van der Waals surface area contributed by atoms with E-state index in [0.717, 1.165) is 12.8 Å². The first-order valence-electron chi connectivity index (χ1n) is 8.32. The van der Waals surface area contributed by atoms with Crippen molar-refractivity contribution in [2.45, 2.75) is 45.6 Å². The number of rotatable bonds is 5. The van der Waals surface area contributed by atoms with Crippen LogP contribution in [0.25, 0.3) is 0 Å². The van der Waals surface area contributed by atoms with E-state index >= 15 is 0 Å². The number of aliphatic carboxylic acids is 1. The first-order valence-corrected chi connectivity index (χ1v) is 9.48. The maximum absolute atomic E-state index is 12.8. The van der Waals surface area contributed by atoms with Gasteiger partial charge in [0, 0.05) is 25.3 Å². The third-order valence-electron chi connectivity index (χ3n) is 4.55. The molecule has 0 aromatic rings. The molecule has 7 heteroatoms. The summed E-state index contributed by atoms with van der Waals surface area (Å²) >= 11 is 1.59. The Kier molecular flexibility index (Phi) is 6.33. The quantitative estimate of drug-likeness (QED) is 0.822. The largest absolute Gasteiger partial charge is 0.481 e. The molecule has 0 aliphatic carbocycles. The Balaban J connectivity index is 2.03. The molecule has 2 fully saturated rings. The highest BCUT2D eigenvalue weighted by Gasteiger charge is 2.40. The van der Waals surface area contributed by atoms with Crippen LogP contribution < -0.4 is 0 Å². The first kappa shape index (κ1) is 18.1. The predicted molar refractivity (Wildman–Crippen MR) is 89.0 cm³/mol. The second-order valence-corrected chi connectivity index (χ2v) is 7.60. The molecule has 0 bridgehead atoms. The number of nitrogens with zero attached hydrogens (tertiary/aromatic N) is 2. The number of thioether (sulfide) groups is 1. The number of piperidine rings is 1. The van der Waals surface area contributed by atoms with Crippen molar-refractivity contribution in [1.82, 2.24) is 9.80 Å². The third kappa shape index (κ3) is 4.40. The Morgan fingerprint density at radius 3 is 2.65 bits per heavy atom. The van der Waals surface area contributed by atoms with Crippen molar-refractivity contribution in [1.29, 1.82) is 0 Å². The lowest BCUT2D eigenvalue weighted by atomic mass is 9.90. The minimum atomic E-state index is -0.842. The standard InChI is InChI=1S/C16H26N2O4S/c1-3-4-5-14(19)18-10-23-9-13(18)15(20)17-7-11(2)6-12(8-17)16(21)22/h11-13H,3-10H2,1-2H3,(H,21,22). The highest BCUT2D eigenvalue weighted by atomic mass is 32.2. The highest BCUT2D eigenvalue weighted by molar-refractivity contribution is 7.99. The number of carbonyl (C=O) groups excluding carboxylic acids is 2. The lowest BCUT2D eigenvalue weighted by Crippen LogP contribution is -2.53. The maximum Gasteiger partial charge on any atom is 0.308 e. The molecule has 0 radical (unpaired) electrons. The molecular formula is C16H26N2O4S. The van der Waals surface area contributed by atoms with Crippen molar-refractivity contribution in [3.63, 3.8) is 0 Å². The van der Waals surface area contributed by atoms with Gasteiger partial charge in [0.25, 0.3) is 0 Å². The summed E-state index contributed by atoms with van der Waals surface area (Å²) in [5.74, 6) is -0.0453. The number of unbranched alkanes of at least 4 members (excludes halogenated alkanes) is 1. The van der Waals surface area contributed by atoms with E-state index in [1.807, 2.05) is 13.8 Å². The molecule has 2 aliphatic rings. The molecule has 3 atom stereocenters. The lowest BCUT2D eigenvalue weighted by molar-refractivity contribution is -0.150. The molecule has 6 nitrogen and oxygen atoms in total. The van der Waals surface area contributed by atoms with Crippen LogP contribution >= 0.6 is 11.8 Å². The van der Waals surface area contributed by atoms with Crippen molar-refractivity contribution < 1.29 is 19.5 Å². The summed E-state index contributed by atoms with van der Waals surface area (Å²) in [6, 6.07) is -0.427. The summed E-state index contributed by atoms with van der Waals surface area (Å²) in [7, 11) is 0. The number of carboxylic acids is 1. The fraction of sp³-hybridized carbons (Fsp3) is 0.812. The van der Waals surface area contributed by atoms with E-state index in [0.29, 0.717) is 31.0 Å². The molecule has 0 aromatic heterocycles. The van der Waals surface area contributed by atoms with Gasteiger partial charge in [0.15, 0.2) is 0 Å². The summed E-state index contributed by atoms with van der Waals surface area (Å²) in [4.78, 5) is 39.7. The lowest BCUT2D eigenvalue weighted by Gasteiger charge is -2.37. The number of likely N-dealkylation sites (tertiary alicyclic amines) is 1. The summed E-state index contributed by atoms with van der Waals surface area (Å²) in [5, 5.41) is 9.25. The Morgan fingerprint density at radius 1 is 1.26 bits per heavy atom. The molecule has 0 spiro atoms. The molecule has 3 unspecified atom stereocenters. The van der Waals surface area contributed by atoms with Crippen molar-refractivity contribution in [3.05, 3.63) is 0 Å². The summed E-state index contributed by atoms with van der Waals surface area (Å²) in [6.45, 7) is 4.86. The first-order chi connectivity index (χ1) is 10.9. The smallest absolute Gasteiger partial charge is 0.308 e. The molecule has 0 aromatic carbocycles. The molecule has 0 saturated carbocycles. The second-order valence-electron chi connectivity index (χ2n) is 6.60. The van der Waals surface area contributed by atoms with Gasteiger partial charge < -0.3 is 14.9 Å². The number of carboxylic acid groups (broad SMARTS) is 1. The summed E-state index contributed by atoms with van der Waals surface area (Å²) in [6.07, 6.45) is 2.88. The fourth-order valence-electron chi connectivity index (χ4n) is 3.29. The average molecular weight is 342 g/mol. The Bertz CT molecular complexity index is 471. The van der Waals surface area contributed by atoms with Gasteiger partial charge in [-0.1, -0.05) is 20.3 Å². The van der Waals surface area contributed by atoms with Gasteiger partial charge in [-0.3, -0.25) is 14.4 Å². The van der Waals surface area contributed by atoms with E-state index < -0.39 is 17.9 Å². The Hall–Kier alpha value is -1.24. The molecule has 23 heavy (non-hydrogen) atoms. The minimum Gasteiger partial charge on any atom is -0.481 e. The van der Waals surface area contributed by atoms with E-state index in [1.165, 1.54) is 0 Å². The Labute approximate surface area is 141 Å². The van der Waals surface area contributed by atoms with Crippen LogP contribution in [0.1, 0.15) is 39.5 Å². The number of hydrogen-bond acceptors (Lipinski definition) is 4. The van der Waals surface area contributed by atoms with Crippen LogP contribution in [0.15, 0.2) is 0 Å². The van der Waals surface area contributed by atoms with Crippen molar-refractivity contribution in [3.8, 4) is 0 Å². The summed E-state index contributed by atoms with van der Waals surface area (Å²) < 4.78 is 0. The molecule has 2 heterocycles. The molecule has 2 rings (SSSR count). The van der Waals surface area contributed by atoms with Crippen LogP contribution in [0, 0.1) is 11.8 Å². The maximum atomic E-state index is 12.8. The van der Waals surface area contributed by atoms with Crippen molar-refractivity contribution in [2.75, 3.05) is 24.7 Å². The van der Waals surface area contributed by atoms with Gasteiger partial charge in [0.1, 0.15) is 6.04 Å². The molecule has 130 valence electrons. The van der Waals surface area contributed by atoms with E-state index in [9.17, 15) is 19.5 Å². The normalized spacial score (nSPS) is 28.0. The van der Waals surface area contributed by atoms with E-state index in [1.54, 1.807) is 21.6 Å². The molecular weight excluding hydrogens is 316 g/mol. The monoisotopic (exact) mass is 342 g/mol. The predicted octanol–water partition coefficient (Wildman–Crippen LogP) is 1.65. The van der Waals surface area contributed by atoms with Gasteiger partial charge in [0.05, 0.1) is 11.8 Å². The van der Waals surface area contributed by atoms with Crippen LogP contribution in [0.4, 0.5) is 0 Å². The molecule has 2 saturated heterocycles. The third-order valence-corrected chi connectivity index (χ3v) is 5.56. The van der Waals surface area contributed by atoms with Gasteiger partial charge in [-0.15, -0.1) is 11.8 Å². The SMILES string of the molecule is CCCCC(=O)N1CSCC1C(=O)N1CC(C)CC(C(=O)O)C1. The Morgan fingerprint density at radius 2 is 2.00 bits per heavy atom. The van der Waals surface area contributed by atoms with Gasteiger partial charge in [-0.05, 0) is 18.8 Å². The van der Waals surface area contributed by atoms with E-state index in [-0.39, 0.29) is 24.3 Å². The topological polar surface area (TPSA) is 77.9 Å². The van der Waals surface area contributed by atoms with Crippen LogP contribution in [0.2, 0.25) is 0 Å². The number of amides is 2. The number of carbonyl (C=O) groups is 3. The zero-order chi connectivity index (χ0) is 17.0. The van der Waals surface area contributed by atoms with E-state index in [2.05, 4.69) is 0 Å². The fourth-order valence-corrected chi connectivity index (χ4v) is 4.46. The van der Waals surface area contributed by atoms with Crippen molar-refractivity contribution in [2.24, 2.45) is 11.8 Å². The van der Waals surface area contributed by atoms with Crippen LogP contribution in [-0.2, 0) is 14.4 Å². The second kappa shape index (κ2) is 8.04. The van der Waals surface area contributed by atoms with Crippen LogP contribution in [0.5, 0.6) is 0 Å². The van der Waals surface area contributed by atoms with Crippen molar-refractivity contribution >= 4 is 29.5 Å². The van der Waals surface area contributed by atoms with Gasteiger partial charge in [0.2, 0.25) is 11.8 Å².